The topological polar surface area (TPSA) is 72.8 Å². The van der Waals surface area contributed by atoms with Crippen molar-refractivity contribution in [1.29, 1.82) is 0 Å². The smallest absolute Gasteiger partial charge is 0.235 e. The van der Waals surface area contributed by atoms with Crippen LogP contribution >= 0.6 is 0 Å². The fourth-order valence-corrected chi connectivity index (χ4v) is 4.86. The third-order valence-electron chi connectivity index (χ3n) is 7.11. The minimum Gasteiger partial charge on any atom is -0.504 e. The van der Waals surface area contributed by atoms with Gasteiger partial charge in [-0.3, -0.25) is 4.79 Å². The van der Waals surface area contributed by atoms with Crippen molar-refractivity contribution in [2.75, 3.05) is 23.3 Å². The summed E-state index contributed by atoms with van der Waals surface area (Å²) in [5.74, 6) is -0.454. The normalized spacial score (nSPS) is 16.9. The number of rotatable bonds is 5. The fourth-order valence-electron chi connectivity index (χ4n) is 4.86. The standard InChI is InChI=1S/C28H30N2O3/c1-19-5-9-22(29-27(33)28(13-14-28)21-8-12-25(31)26(32)17-21)18-24(19)20-6-10-23(11-7-20)30-15-3-2-4-16-30/h5-12,17-18,31-32H,2-4,13-16H2,1H3,(H,29,33). The maximum atomic E-state index is 13.2. The van der Waals surface area contributed by atoms with E-state index in [1.54, 1.807) is 6.07 Å². The molecule has 170 valence electrons. The summed E-state index contributed by atoms with van der Waals surface area (Å²) >= 11 is 0. The number of amides is 1. The lowest BCUT2D eigenvalue weighted by Crippen LogP contribution is -2.29. The number of benzene rings is 3. The molecule has 1 amide bonds. The zero-order valence-electron chi connectivity index (χ0n) is 19.0. The fraction of sp³-hybridized carbons (Fsp3) is 0.321. The molecule has 0 atom stereocenters. The van der Waals surface area contributed by atoms with Gasteiger partial charge in [0.05, 0.1) is 5.41 Å². The van der Waals surface area contributed by atoms with Crippen LogP contribution in [-0.4, -0.2) is 29.2 Å². The van der Waals surface area contributed by atoms with Crippen LogP contribution in [0.15, 0.2) is 60.7 Å². The van der Waals surface area contributed by atoms with E-state index < -0.39 is 5.41 Å². The number of phenols is 2. The molecule has 2 aliphatic rings. The predicted molar refractivity (Wildman–Crippen MR) is 132 cm³/mol. The Morgan fingerprint density at radius 3 is 2.27 bits per heavy atom. The minimum atomic E-state index is -0.647. The predicted octanol–water partition coefficient (Wildman–Crippen LogP) is 5.73. The van der Waals surface area contributed by atoms with Gasteiger partial charge in [0.25, 0.3) is 0 Å². The Labute approximate surface area is 194 Å². The molecule has 3 N–H and O–H groups in total. The van der Waals surface area contributed by atoms with Crippen molar-refractivity contribution in [2.24, 2.45) is 0 Å². The molecule has 1 saturated heterocycles. The molecule has 5 nitrogen and oxygen atoms in total. The molecule has 3 aromatic rings. The van der Waals surface area contributed by atoms with Gasteiger partial charge in [0.2, 0.25) is 5.91 Å². The van der Waals surface area contributed by atoms with Gasteiger partial charge in [-0.25, -0.2) is 0 Å². The molecule has 1 aliphatic carbocycles. The number of aryl methyl sites for hydroxylation is 1. The van der Waals surface area contributed by atoms with Gasteiger partial charge in [-0.15, -0.1) is 0 Å². The first-order chi connectivity index (χ1) is 16.0. The van der Waals surface area contributed by atoms with Crippen molar-refractivity contribution in [3.05, 3.63) is 71.8 Å². The highest BCUT2D eigenvalue weighted by Crippen LogP contribution is 2.50. The van der Waals surface area contributed by atoms with Gasteiger partial charge in [0.15, 0.2) is 11.5 Å². The van der Waals surface area contributed by atoms with Gasteiger partial charge in [0, 0.05) is 24.5 Å². The van der Waals surface area contributed by atoms with E-state index >= 15 is 0 Å². The second-order valence-corrected chi connectivity index (χ2v) is 9.36. The zero-order valence-corrected chi connectivity index (χ0v) is 19.0. The van der Waals surface area contributed by atoms with E-state index in [0.29, 0.717) is 0 Å². The van der Waals surface area contributed by atoms with Gasteiger partial charge in [-0.2, -0.15) is 0 Å². The van der Waals surface area contributed by atoms with Crippen LogP contribution in [0, 0.1) is 6.92 Å². The van der Waals surface area contributed by atoms with E-state index in [-0.39, 0.29) is 17.4 Å². The maximum Gasteiger partial charge on any atom is 0.235 e. The maximum absolute atomic E-state index is 13.2. The molecule has 1 aliphatic heterocycles. The summed E-state index contributed by atoms with van der Waals surface area (Å²) in [7, 11) is 0. The number of nitrogens with one attached hydrogen (secondary N) is 1. The lowest BCUT2D eigenvalue weighted by molar-refractivity contribution is -0.118. The third kappa shape index (κ3) is 4.15. The Balaban J connectivity index is 1.35. The number of piperidine rings is 1. The van der Waals surface area contributed by atoms with Crippen molar-refractivity contribution < 1.29 is 15.0 Å². The first-order valence-electron chi connectivity index (χ1n) is 11.8. The lowest BCUT2D eigenvalue weighted by Gasteiger charge is -2.29. The molecule has 2 fully saturated rings. The number of anilines is 2. The van der Waals surface area contributed by atoms with Crippen molar-refractivity contribution in [3.63, 3.8) is 0 Å². The van der Waals surface area contributed by atoms with Gasteiger partial charge >= 0.3 is 0 Å². The number of carbonyl (C=O) groups is 1. The van der Waals surface area contributed by atoms with Crippen LogP contribution in [-0.2, 0) is 10.2 Å². The quantitative estimate of drug-likeness (QED) is 0.441. The average molecular weight is 443 g/mol. The van der Waals surface area contributed by atoms with E-state index in [2.05, 4.69) is 41.4 Å². The molecule has 33 heavy (non-hydrogen) atoms. The summed E-state index contributed by atoms with van der Waals surface area (Å²) in [6.07, 6.45) is 5.28. The van der Waals surface area contributed by atoms with E-state index in [1.165, 1.54) is 37.1 Å². The Morgan fingerprint density at radius 2 is 1.61 bits per heavy atom. The highest BCUT2D eigenvalue weighted by atomic mass is 16.3. The minimum absolute atomic E-state index is 0.0807. The molecule has 1 saturated carbocycles. The Bertz CT molecular complexity index is 1180. The second kappa shape index (κ2) is 8.47. The highest BCUT2D eigenvalue weighted by molar-refractivity contribution is 6.02. The molecule has 0 unspecified atom stereocenters. The van der Waals surface area contributed by atoms with Crippen molar-refractivity contribution in [2.45, 2.75) is 44.4 Å². The lowest BCUT2D eigenvalue weighted by atomic mass is 9.94. The van der Waals surface area contributed by atoms with Crippen LogP contribution < -0.4 is 10.2 Å². The summed E-state index contributed by atoms with van der Waals surface area (Å²) in [5.41, 5.74) is 5.51. The summed E-state index contributed by atoms with van der Waals surface area (Å²) < 4.78 is 0. The largest absolute Gasteiger partial charge is 0.504 e. The number of hydrogen-bond acceptors (Lipinski definition) is 4. The van der Waals surface area contributed by atoms with Crippen LogP contribution in [0.5, 0.6) is 11.5 Å². The van der Waals surface area contributed by atoms with Crippen molar-refractivity contribution >= 4 is 17.3 Å². The summed E-state index contributed by atoms with van der Waals surface area (Å²) in [5, 5.41) is 22.6. The van der Waals surface area contributed by atoms with Crippen LogP contribution in [0.4, 0.5) is 11.4 Å². The summed E-state index contributed by atoms with van der Waals surface area (Å²) in [6.45, 7) is 4.34. The van der Waals surface area contributed by atoms with Gasteiger partial charge in [0.1, 0.15) is 0 Å². The molecule has 0 radical (unpaired) electrons. The Morgan fingerprint density at radius 1 is 0.879 bits per heavy atom. The molecule has 0 spiro atoms. The third-order valence-corrected chi connectivity index (χ3v) is 7.11. The van der Waals surface area contributed by atoms with Gasteiger partial charge < -0.3 is 20.4 Å². The van der Waals surface area contributed by atoms with Crippen molar-refractivity contribution in [1.82, 2.24) is 0 Å². The molecular formula is C28H30N2O3. The molecule has 5 rings (SSSR count). The molecule has 0 bridgehead atoms. The number of carbonyl (C=O) groups excluding carboxylic acids is 1. The molecule has 0 aromatic heterocycles. The first-order valence-corrected chi connectivity index (χ1v) is 11.8. The number of phenolic OH excluding ortho intramolecular Hbond substituents is 2. The van der Waals surface area contributed by atoms with E-state index in [1.807, 2.05) is 18.2 Å². The summed E-state index contributed by atoms with van der Waals surface area (Å²) in [6, 6.07) is 19.4. The van der Waals surface area contributed by atoms with Gasteiger partial charge in [-0.05, 0) is 97.7 Å². The van der Waals surface area contributed by atoms with Crippen LogP contribution in [0.25, 0.3) is 11.1 Å². The number of aromatic hydroxyl groups is 2. The molecular weight excluding hydrogens is 412 g/mol. The van der Waals surface area contributed by atoms with E-state index in [0.717, 1.165) is 53.9 Å². The Kier molecular flexibility index (Phi) is 5.49. The van der Waals surface area contributed by atoms with E-state index in [9.17, 15) is 15.0 Å². The van der Waals surface area contributed by atoms with Crippen molar-refractivity contribution in [3.8, 4) is 22.6 Å². The van der Waals surface area contributed by atoms with Crippen LogP contribution in [0.3, 0.4) is 0 Å². The zero-order chi connectivity index (χ0) is 23.0. The monoisotopic (exact) mass is 442 g/mol. The SMILES string of the molecule is Cc1ccc(NC(=O)C2(c3ccc(O)c(O)c3)CC2)cc1-c1ccc(N2CCCCC2)cc1. The van der Waals surface area contributed by atoms with Crippen LogP contribution in [0.1, 0.15) is 43.2 Å². The highest BCUT2D eigenvalue weighted by Gasteiger charge is 2.51. The Hall–Kier alpha value is -3.47. The number of nitrogens with zero attached hydrogens (tertiary/aromatic N) is 1. The second-order valence-electron chi connectivity index (χ2n) is 9.36. The first kappa shape index (κ1) is 21.4. The molecule has 1 heterocycles. The molecule has 3 aromatic carbocycles. The average Bonchev–Trinajstić information content (AvgIpc) is 3.65. The van der Waals surface area contributed by atoms with Gasteiger partial charge in [-0.1, -0.05) is 24.3 Å². The summed E-state index contributed by atoms with van der Waals surface area (Å²) in [4.78, 5) is 15.6. The van der Waals surface area contributed by atoms with E-state index in [4.69, 9.17) is 0 Å². The van der Waals surface area contributed by atoms with Crippen LogP contribution in [0.2, 0.25) is 0 Å². The number of hydrogen-bond donors (Lipinski definition) is 3. The molecule has 5 heteroatoms.